The zero-order chi connectivity index (χ0) is 64.1. The number of piperazine rings is 3. The Kier molecular flexibility index (Phi) is 18.3. The van der Waals surface area contributed by atoms with Crippen LogP contribution in [0.15, 0.2) is 70.9 Å². The molecule has 23 nitrogen and oxygen atoms in total. The van der Waals surface area contributed by atoms with E-state index < -0.39 is 31.7 Å². The first-order valence-corrected chi connectivity index (χ1v) is 32.2. The van der Waals surface area contributed by atoms with Crippen LogP contribution in [0.1, 0.15) is 114 Å². The summed E-state index contributed by atoms with van der Waals surface area (Å²) in [5.41, 5.74) is 4.03. The number of carbonyl (C=O) groups excluding carboxylic acids is 3. The van der Waals surface area contributed by atoms with Crippen LogP contribution in [0.3, 0.4) is 0 Å². The molecular weight excluding hydrogens is 1160 g/mol. The summed E-state index contributed by atoms with van der Waals surface area (Å²) in [4.78, 5) is 88.9. The molecule has 6 aromatic rings. The van der Waals surface area contributed by atoms with Crippen LogP contribution in [0, 0.1) is 19.7 Å². The van der Waals surface area contributed by atoms with E-state index >= 15 is 0 Å². The number of fused-ring (bicyclic) bond motifs is 2. The Morgan fingerprint density at radius 3 is 2.24 bits per heavy atom. The van der Waals surface area contributed by atoms with E-state index in [9.17, 15) is 32.0 Å². The van der Waals surface area contributed by atoms with E-state index in [1.165, 1.54) is 18.5 Å². The second kappa shape index (κ2) is 25.3. The SMILES string of the molecule is Cc1[nH]nc(Nc2ncnc3cc(OCCCN4CCN(C(=O)c5cnc(N6CCN(C[C@H]7CN(C(=O)OC(C)(C)C)[C@H](C)CN7CC(=O)N7CC(C)(C)c8c7cc(Cc7ccc(F)cc7)c(=O)n8C)[C@H](C)C6)cn5)CC4)c(S(=O)(=O)C(C)(C)C)cc23)c1C. The van der Waals surface area contributed by atoms with Gasteiger partial charge in [-0.05, 0) is 105 Å². The number of amides is 3. The lowest BCUT2D eigenvalue weighted by Gasteiger charge is -2.48. The number of hydrogen-bond acceptors (Lipinski definition) is 18. The average Bonchev–Trinajstić information content (AvgIpc) is 2.06. The Morgan fingerprint density at radius 1 is 0.854 bits per heavy atom. The van der Waals surface area contributed by atoms with Gasteiger partial charge in [0.1, 0.15) is 45.7 Å². The lowest BCUT2D eigenvalue weighted by molar-refractivity contribution is -0.121. The van der Waals surface area contributed by atoms with E-state index in [0.29, 0.717) is 131 Å². The lowest BCUT2D eigenvalue weighted by Crippen LogP contribution is -2.65. The van der Waals surface area contributed by atoms with Gasteiger partial charge in [0, 0.05) is 144 Å². The van der Waals surface area contributed by atoms with Gasteiger partial charge < -0.3 is 39.0 Å². The highest BCUT2D eigenvalue weighted by Crippen LogP contribution is 2.41. The van der Waals surface area contributed by atoms with Crippen LogP contribution in [0.25, 0.3) is 10.9 Å². The molecule has 3 saturated heterocycles. The first-order chi connectivity index (χ1) is 42.0. The van der Waals surface area contributed by atoms with E-state index in [1.54, 1.807) is 83.7 Å². The molecule has 4 aromatic heterocycles. The molecule has 3 fully saturated rings. The van der Waals surface area contributed by atoms with Crippen molar-refractivity contribution < 1.29 is 36.7 Å². The number of nitrogens with zero attached hydrogens (tertiary/aromatic N) is 13. The number of pyridine rings is 1. The van der Waals surface area contributed by atoms with Gasteiger partial charge in [-0.15, -0.1) is 0 Å². The maximum Gasteiger partial charge on any atom is 0.410 e. The fourth-order valence-electron chi connectivity index (χ4n) is 12.5. The summed E-state index contributed by atoms with van der Waals surface area (Å²) in [6, 6.07) is 10.8. The first kappa shape index (κ1) is 64.4. The number of halogens is 1. The molecule has 2 aromatic carbocycles. The molecule has 3 amide bonds. The van der Waals surface area contributed by atoms with Gasteiger partial charge in [0.15, 0.2) is 15.7 Å². The molecule has 25 heteroatoms. The van der Waals surface area contributed by atoms with E-state index in [4.69, 9.17) is 14.5 Å². The number of aromatic amines is 1. The lowest BCUT2D eigenvalue weighted by atomic mass is 9.90. The molecule has 0 unspecified atom stereocenters. The zero-order valence-electron chi connectivity index (χ0n) is 53.7. The van der Waals surface area contributed by atoms with Gasteiger partial charge in [-0.3, -0.25) is 34.2 Å². The molecule has 0 radical (unpaired) electrons. The molecule has 0 spiro atoms. The van der Waals surface area contributed by atoms with Crippen molar-refractivity contribution in [3.8, 4) is 5.75 Å². The van der Waals surface area contributed by atoms with Crippen LogP contribution in [0.4, 0.5) is 32.3 Å². The maximum absolute atomic E-state index is 14.8. The summed E-state index contributed by atoms with van der Waals surface area (Å²) in [6.45, 7) is 29.6. The average molecular weight is 1240 g/mol. The third kappa shape index (κ3) is 13.9. The Labute approximate surface area is 520 Å². The van der Waals surface area contributed by atoms with Crippen molar-refractivity contribution >= 4 is 61.8 Å². The molecule has 10 rings (SSSR count). The zero-order valence-corrected chi connectivity index (χ0v) is 54.5. The Morgan fingerprint density at radius 2 is 1.58 bits per heavy atom. The summed E-state index contributed by atoms with van der Waals surface area (Å²) in [7, 11) is -2.11. The predicted octanol–water partition coefficient (Wildman–Crippen LogP) is 6.88. The number of anilines is 4. The minimum atomic E-state index is -3.86. The quantitative estimate of drug-likeness (QED) is 0.0939. The van der Waals surface area contributed by atoms with Gasteiger partial charge in [-0.1, -0.05) is 26.0 Å². The number of aryl methyl sites for hydroxylation is 1. The summed E-state index contributed by atoms with van der Waals surface area (Å²) in [5.74, 6) is 1.26. The normalized spacial score (nSPS) is 19.6. The number of H-pyrrole nitrogens is 1. The molecule has 3 atom stereocenters. The number of hydrogen-bond donors (Lipinski definition) is 2. The highest BCUT2D eigenvalue weighted by molar-refractivity contribution is 7.92. The molecule has 89 heavy (non-hydrogen) atoms. The third-order valence-corrected chi connectivity index (χ3v) is 20.2. The van der Waals surface area contributed by atoms with Gasteiger partial charge >= 0.3 is 6.09 Å². The monoisotopic (exact) mass is 1240 g/mol. The highest BCUT2D eigenvalue weighted by Gasteiger charge is 2.44. The van der Waals surface area contributed by atoms with Crippen molar-refractivity contribution in [3.63, 3.8) is 0 Å². The Hall–Kier alpha value is -7.61. The number of sulfone groups is 1. The smallest absolute Gasteiger partial charge is 0.410 e. The van der Waals surface area contributed by atoms with Crippen LogP contribution >= 0.6 is 0 Å². The van der Waals surface area contributed by atoms with Crippen LogP contribution in [0.5, 0.6) is 5.75 Å². The molecule has 0 saturated carbocycles. The molecule has 8 heterocycles. The molecular formula is C64H86FN15O8S. The highest BCUT2D eigenvalue weighted by atomic mass is 32.2. The van der Waals surface area contributed by atoms with E-state index in [1.807, 2.05) is 61.5 Å². The van der Waals surface area contributed by atoms with Crippen molar-refractivity contribution in [2.45, 2.75) is 135 Å². The van der Waals surface area contributed by atoms with E-state index in [2.05, 4.69) is 57.0 Å². The number of ether oxygens (including phenoxy) is 2. The van der Waals surface area contributed by atoms with E-state index in [0.717, 1.165) is 22.5 Å². The second-order valence-electron chi connectivity index (χ2n) is 27.0. The fraction of sp³-hybridized carbons (Fsp3) is 0.547. The number of nitrogens with one attached hydrogen (secondary N) is 2. The Bertz CT molecular complexity index is 3780. The van der Waals surface area contributed by atoms with Gasteiger partial charge in [0.2, 0.25) is 5.91 Å². The Balaban J connectivity index is 0.739. The van der Waals surface area contributed by atoms with Crippen LogP contribution < -0.4 is 25.4 Å². The molecule has 4 aliphatic rings. The van der Waals surface area contributed by atoms with Crippen LogP contribution in [-0.2, 0) is 38.3 Å². The van der Waals surface area contributed by atoms with Crippen molar-refractivity contribution in [2.75, 3.05) is 107 Å². The summed E-state index contributed by atoms with van der Waals surface area (Å²) >= 11 is 0. The standard InChI is InChI=1S/C64H86FN15O8S/c1-40-33-77(25-24-76(40)35-47-36-79(61(84)88-62(5,6)7)41(2)34-78(47)37-55(81)80-38-64(11,12)56-51(80)28-45(59(82)73(56)13)27-44-15-17-46(65)18-16-44)54-32-66-50(31-67-54)60(83)75-22-20-74(21-23-75)19-14-26-87-52-30-49-48(29-53(52)89(85,86)63(8,9)10)58(69-39-68-49)70-57-42(3)43(4)71-72-57/h15-18,28-32,39-41,47H,14,19-27,33-38H2,1-13H3,(H2,68,69,70,71,72)/t40-,41-,47+/m1/s1. The van der Waals surface area contributed by atoms with Crippen molar-refractivity contribution in [2.24, 2.45) is 7.05 Å². The topological polar surface area (TPSA) is 241 Å². The minimum Gasteiger partial charge on any atom is -0.492 e. The minimum absolute atomic E-state index is 0.0449. The molecule has 2 N–H and O–H groups in total. The molecule has 0 aliphatic carbocycles. The van der Waals surface area contributed by atoms with Gasteiger partial charge in [-0.2, -0.15) is 5.10 Å². The van der Waals surface area contributed by atoms with Gasteiger partial charge in [-0.25, -0.2) is 37.5 Å². The molecule has 478 valence electrons. The number of benzene rings is 2. The summed E-state index contributed by atoms with van der Waals surface area (Å²) in [5, 5.41) is 11.0. The summed E-state index contributed by atoms with van der Waals surface area (Å²) < 4.78 is 54.6. The van der Waals surface area contributed by atoms with Crippen LogP contribution in [-0.4, -0.2) is 206 Å². The van der Waals surface area contributed by atoms with Crippen molar-refractivity contribution in [3.05, 3.63) is 111 Å². The van der Waals surface area contributed by atoms with Gasteiger partial charge in [0.25, 0.3) is 11.5 Å². The van der Waals surface area contributed by atoms with Crippen LogP contribution in [0.2, 0.25) is 0 Å². The van der Waals surface area contributed by atoms with E-state index in [-0.39, 0.29) is 70.8 Å². The van der Waals surface area contributed by atoms with Crippen molar-refractivity contribution in [1.82, 2.24) is 59.2 Å². The maximum atomic E-state index is 14.8. The largest absolute Gasteiger partial charge is 0.492 e. The summed E-state index contributed by atoms with van der Waals surface area (Å²) in [6.07, 6.45) is 5.15. The fourth-order valence-corrected chi connectivity index (χ4v) is 13.8. The number of rotatable bonds is 16. The number of aromatic nitrogens is 7. The second-order valence-corrected chi connectivity index (χ2v) is 29.7. The third-order valence-electron chi connectivity index (χ3n) is 17.7. The van der Waals surface area contributed by atoms with Crippen molar-refractivity contribution in [1.29, 1.82) is 0 Å². The molecule has 0 bridgehead atoms. The number of carbonyl (C=O) groups is 3. The first-order valence-electron chi connectivity index (χ1n) is 30.8. The molecule has 4 aliphatic heterocycles. The van der Waals surface area contributed by atoms with Gasteiger partial charge in [0.05, 0.1) is 47.2 Å². The predicted molar refractivity (Wildman–Crippen MR) is 340 cm³/mol.